The standard InChI is InChI=1S/C16H23N3O2/c1-17-15(20)12-8-10-19(11-9-12)16(21)13-4-6-14(7-5-13)18(2)3/h4-7,12H,8-11H2,1-3H3,(H,17,20). The number of rotatable bonds is 3. The SMILES string of the molecule is CNC(=O)C1CCN(C(=O)c2ccc(N(C)C)cc2)CC1. The fourth-order valence-electron chi connectivity index (χ4n) is 2.63. The van der Waals surface area contributed by atoms with Crippen LogP contribution in [-0.4, -0.2) is 50.9 Å². The number of piperidine rings is 1. The van der Waals surface area contributed by atoms with Gasteiger partial charge in [0.2, 0.25) is 5.91 Å². The Morgan fingerprint density at radius 2 is 1.71 bits per heavy atom. The maximum atomic E-state index is 12.4. The summed E-state index contributed by atoms with van der Waals surface area (Å²) in [6.45, 7) is 1.29. The summed E-state index contributed by atoms with van der Waals surface area (Å²) in [4.78, 5) is 27.9. The maximum absolute atomic E-state index is 12.4. The van der Waals surface area contributed by atoms with E-state index < -0.39 is 0 Å². The van der Waals surface area contributed by atoms with Crippen molar-refractivity contribution in [3.05, 3.63) is 29.8 Å². The van der Waals surface area contributed by atoms with Crippen LogP contribution in [0.4, 0.5) is 5.69 Å². The number of anilines is 1. The van der Waals surface area contributed by atoms with Crippen LogP contribution in [0.5, 0.6) is 0 Å². The molecule has 21 heavy (non-hydrogen) atoms. The third-order valence-electron chi connectivity index (χ3n) is 4.03. The Morgan fingerprint density at radius 3 is 2.19 bits per heavy atom. The smallest absolute Gasteiger partial charge is 0.253 e. The molecule has 2 amide bonds. The number of hydrogen-bond donors (Lipinski definition) is 1. The average molecular weight is 289 g/mol. The highest BCUT2D eigenvalue weighted by molar-refractivity contribution is 5.94. The Bertz CT molecular complexity index is 503. The van der Waals surface area contributed by atoms with Gasteiger partial charge in [-0.05, 0) is 37.1 Å². The summed E-state index contributed by atoms with van der Waals surface area (Å²) in [7, 11) is 5.60. The lowest BCUT2D eigenvalue weighted by molar-refractivity contribution is -0.125. The van der Waals surface area contributed by atoms with Gasteiger partial charge >= 0.3 is 0 Å². The predicted octanol–water partition coefficient (Wildman–Crippen LogP) is 1.35. The molecule has 114 valence electrons. The fraction of sp³-hybridized carbons (Fsp3) is 0.500. The molecule has 1 aliphatic heterocycles. The van der Waals surface area contributed by atoms with E-state index in [0.29, 0.717) is 18.7 Å². The van der Waals surface area contributed by atoms with Gasteiger partial charge in [0, 0.05) is 51.4 Å². The zero-order valence-electron chi connectivity index (χ0n) is 12.9. The van der Waals surface area contributed by atoms with Crippen LogP contribution in [-0.2, 0) is 4.79 Å². The highest BCUT2D eigenvalue weighted by atomic mass is 16.2. The average Bonchev–Trinajstić information content (AvgIpc) is 2.53. The minimum Gasteiger partial charge on any atom is -0.378 e. The lowest BCUT2D eigenvalue weighted by atomic mass is 9.95. The van der Waals surface area contributed by atoms with Crippen LogP contribution in [0.25, 0.3) is 0 Å². The van der Waals surface area contributed by atoms with Crippen LogP contribution in [0.3, 0.4) is 0 Å². The van der Waals surface area contributed by atoms with E-state index in [2.05, 4.69) is 5.32 Å². The molecule has 1 aromatic rings. The molecule has 0 spiro atoms. The van der Waals surface area contributed by atoms with E-state index in [9.17, 15) is 9.59 Å². The number of likely N-dealkylation sites (tertiary alicyclic amines) is 1. The summed E-state index contributed by atoms with van der Waals surface area (Å²) >= 11 is 0. The molecule has 0 saturated carbocycles. The number of nitrogens with zero attached hydrogens (tertiary/aromatic N) is 2. The van der Waals surface area contributed by atoms with Crippen molar-refractivity contribution >= 4 is 17.5 Å². The highest BCUT2D eigenvalue weighted by Crippen LogP contribution is 2.20. The van der Waals surface area contributed by atoms with Crippen molar-refractivity contribution in [3.63, 3.8) is 0 Å². The molecule has 1 heterocycles. The van der Waals surface area contributed by atoms with E-state index in [4.69, 9.17) is 0 Å². The first-order valence-corrected chi connectivity index (χ1v) is 7.31. The van der Waals surface area contributed by atoms with Crippen molar-refractivity contribution in [1.82, 2.24) is 10.2 Å². The van der Waals surface area contributed by atoms with Crippen molar-refractivity contribution in [2.45, 2.75) is 12.8 Å². The van der Waals surface area contributed by atoms with Crippen LogP contribution in [0.2, 0.25) is 0 Å². The van der Waals surface area contributed by atoms with Crippen molar-refractivity contribution in [3.8, 4) is 0 Å². The van der Waals surface area contributed by atoms with Gasteiger partial charge in [-0.2, -0.15) is 0 Å². The number of hydrogen-bond acceptors (Lipinski definition) is 3. The van der Waals surface area contributed by atoms with Crippen LogP contribution >= 0.6 is 0 Å². The number of carbonyl (C=O) groups excluding carboxylic acids is 2. The quantitative estimate of drug-likeness (QED) is 0.914. The van der Waals surface area contributed by atoms with Gasteiger partial charge in [0.1, 0.15) is 0 Å². The summed E-state index contributed by atoms with van der Waals surface area (Å²) in [6, 6.07) is 7.63. The van der Waals surface area contributed by atoms with E-state index in [1.54, 1.807) is 7.05 Å². The minimum absolute atomic E-state index is 0.0372. The molecule has 0 unspecified atom stereocenters. The lowest BCUT2D eigenvalue weighted by Crippen LogP contribution is -2.42. The van der Waals surface area contributed by atoms with E-state index in [-0.39, 0.29) is 17.7 Å². The van der Waals surface area contributed by atoms with Gasteiger partial charge in [-0.25, -0.2) is 0 Å². The van der Waals surface area contributed by atoms with Gasteiger partial charge in [0.15, 0.2) is 0 Å². The number of amides is 2. The Labute approximate surface area is 125 Å². The van der Waals surface area contributed by atoms with Gasteiger partial charge in [0.25, 0.3) is 5.91 Å². The summed E-state index contributed by atoms with van der Waals surface area (Å²) in [6.07, 6.45) is 1.47. The number of nitrogens with one attached hydrogen (secondary N) is 1. The second kappa shape index (κ2) is 6.61. The van der Waals surface area contributed by atoms with Crippen molar-refractivity contribution in [2.75, 3.05) is 39.1 Å². The zero-order chi connectivity index (χ0) is 15.4. The molecule has 2 rings (SSSR count). The second-order valence-electron chi connectivity index (χ2n) is 5.62. The zero-order valence-corrected chi connectivity index (χ0v) is 12.9. The van der Waals surface area contributed by atoms with Crippen molar-refractivity contribution < 1.29 is 9.59 Å². The molecule has 1 aromatic carbocycles. The fourth-order valence-corrected chi connectivity index (χ4v) is 2.63. The summed E-state index contributed by atoms with van der Waals surface area (Å²) in [5.41, 5.74) is 1.78. The van der Waals surface area contributed by atoms with Gasteiger partial charge in [-0.1, -0.05) is 0 Å². The molecule has 1 fully saturated rings. The highest BCUT2D eigenvalue weighted by Gasteiger charge is 2.27. The minimum atomic E-state index is 0.0372. The molecule has 0 radical (unpaired) electrons. The summed E-state index contributed by atoms with van der Waals surface area (Å²) in [5.74, 6) is 0.170. The largest absolute Gasteiger partial charge is 0.378 e. The first kappa shape index (κ1) is 15.4. The van der Waals surface area contributed by atoms with Crippen LogP contribution in [0.15, 0.2) is 24.3 Å². The predicted molar refractivity (Wildman–Crippen MR) is 83.5 cm³/mol. The second-order valence-corrected chi connectivity index (χ2v) is 5.62. The summed E-state index contributed by atoms with van der Waals surface area (Å²) < 4.78 is 0. The topological polar surface area (TPSA) is 52.7 Å². The third-order valence-corrected chi connectivity index (χ3v) is 4.03. The van der Waals surface area contributed by atoms with Crippen molar-refractivity contribution in [1.29, 1.82) is 0 Å². The molecule has 0 aromatic heterocycles. The van der Waals surface area contributed by atoms with E-state index in [1.807, 2.05) is 48.2 Å². The number of benzene rings is 1. The number of carbonyl (C=O) groups is 2. The first-order valence-electron chi connectivity index (χ1n) is 7.31. The Hall–Kier alpha value is -2.04. The van der Waals surface area contributed by atoms with E-state index in [0.717, 1.165) is 18.5 Å². The molecular weight excluding hydrogens is 266 g/mol. The van der Waals surface area contributed by atoms with Crippen LogP contribution in [0, 0.1) is 5.92 Å². The summed E-state index contributed by atoms with van der Waals surface area (Å²) in [5, 5.41) is 2.68. The molecule has 0 atom stereocenters. The van der Waals surface area contributed by atoms with Gasteiger partial charge in [-0.3, -0.25) is 9.59 Å². The Balaban J connectivity index is 1.97. The Morgan fingerprint density at radius 1 is 1.14 bits per heavy atom. The monoisotopic (exact) mass is 289 g/mol. The van der Waals surface area contributed by atoms with E-state index in [1.165, 1.54) is 0 Å². The molecule has 1 aliphatic rings. The molecule has 0 aliphatic carbocycles. The van der Waals surface area contributed by atoms with Gasteiger partial charge in [-0.15, -0.1) is 0 Å². The van der Waals surface area contributed by atoms with Gasteiger partial charge < -0.3 is 15.1 Å². The van der Waals surface area contributed by atoms with Gasteiger partial charge in [0.05, 0.1) is 0 Å². The van der Waals surface area contributed by atoms with Crippen LogP contribution < -0.4 is 10.2 Å². The molecule has 5 nitrogen and oxygen atoms in total. The third kappa shape index (κ3) is 3.54. The maximum Gasteiger partial charge on any atom is 0.253 e. The molecule has 1 saturated heterocycles. The van der Waals surface area contributed by atoms with E-state index >= 15 is 0 Å². The normalized spacial score (nSPS) is 15.7. The molecule has 5 heteroatoms. The molecule has 1 N–H and O–H groups in total. The van der Waals surface area contributed by atoms with Crippen LogP contribution in [0.1, 0.15) is 23.2 Å². The molecular formula is C16H23N3O2. The molecule has 0 bridgehead atoms. The van der Waals surface area contributed by atoms with Crippen molar-refractivity contribution in [2.24, 2.45) is 5.92 Å². The first-order chi connectivity index (χ1) is 10.0. The lowest BCUT2D eigenvalue weighted by Gasteiger charge is -2.31. The Kier molecular flexibility index (Phi) is 4.83.